The largest absolute Gasteiger partial charge is 0.325 e. The number of benzene rings is 2. The first-order valence-electron chi connectivity index (χ1n) is 9.36. The van der Waals surface area contributed by atoms with Crippen LogP contribution < -0.4 is 5.32 Å². The Kier molecular flexibility index (Phi) is 7.08. The fourth-order valence-corrected chi connectivity index (χ4v) is 4.44. The summed E-state index contributed by atoms with van der Waals surface area (Å²) in [6.07, 6.45) is 1.60. The van der Waals surface area contributed by atoms with E-state index in [1.165, 1.54) is 9.71 Å². The van der Waals surface area contributed by atoms with Gasteiger partial charge in [-0.15, -0.1) is 0 Å². The Morgan fingerprint density at radius 2 is 1.76 bits per heavy atom. The van der Waals surface area contributed by atoms with E-state index in [-0.39, 0.29) is 12.5 Å². The Bertz CT molecular complexity index is 985. The van der Waals surface area contributed by atoms with Crippen molar-refractivity contribution in [2.45, 2.75) is 6.92 Å². The van der Waals surface area contributed by atoms with Crippen LogP contribution in [0, 0.1) is 6.92 Å². The average Bonchev–Trinajstić information content (AvgIpc) is 2.71. The molecular formula is C21H24ClN3O3S. The van der Waals surface area contributed by atoms with E-state index < -0.39 is 10.0 Å². The Balaban J connectivity index is 1.51. The molecule has 0 aromatic heterocycles. The van der Waals surface area contributed by atoms with Gasteiger partial charge in [0, 0.05) is 42.3 Å². The number of anilines is 1. The van der Waals surface area contributed by atoms with Gasteiger partial charge in [0.25, 0.3) is 0 Å². The summed E-state index contributed by atoms with van der Waals surface area (Å²) >= 11 is 6.08. The molecule has 0 atom stereocenters. The zero-order valence-corrected chi connectivity index (χ0v) is 17.8. The molecule has 2 aromatic carbocycles. The molecule has 0 saturated carbocycles. The van der Waals surface area contributed by atoms with Gasteiger partial charge in [-0.1, -0.05) is 48.0 Å². The second kappa shape index (κ2) is 9.54. The molecule has 0 radical (unpaired) electrons. The van der Waals surface area contributed by atoms with E-state index in [9.17, 15) is 13.2 Å². The molecule has 0 bridgehead atoms. The van der Waals surface area contributed by atoms with Crippen LogP contribution in [0.4, 0.5) is 5.69 Å². The van der Waals surface area contributed by atoms with Crippen molar-refractivity contribution < 1.29 is 13.2 Å². The standard InChI is InChI=1S/C21H24ClN3O3S/c1-17-19(22)8-5-9-20(17)23-21(26)16-24-11-13-25(14-12-24)29(27,28)15-10-18-6-3-2-4-7-18/h2-10,15H,11-14,16H2,1H3,(H,23,26)/b15-10+. The van der Waals surface area contributed by atoms with Crippen LogP contribution in [0.3, 0.4) is 0 Å². The molecule has 1 fully saturated rings. The van der Waals surface area contributed by atoms with Crippen LogP contribution in [0.25, 0.3) is 6.08 Å². The number of nitrogens with one attached hydrogen (secondary N) is 1. The van der Waals surface area contributed by atoms with Crippen LogP contribution in [-0.4, -0.2) is 56.3 Å². The number of nitrogens with zero attached hydrogens (tertiary/aromatic N) is 2. The van der Waals surface area contributed by atoms with Gasteiger partial charge in [0.15, 0.2) is 0 Å². The van der Waals surface area contributed by atoms with Crippen molar-refractivity contribution in [3.05, 3.63) is 70.1 Å². The highest BCUT2D eigenvalue weighted by Crippen LogP contribution is 2.23. The van der Waals surface area contributed by atoms with E-state index in [0.29, 0.717) is 36.9 Å². The number of sulfonamides is 1. The van der Waals surface area contributed by atoms with Gasteiger partial charge in [-0.25, -0.2) is 8.42 Å². The van der Waals surface area contributed by atoms with Crippen molar-refractivity contribution in [3.8, 4) is 0 Å². The quantitative estimate of drug-likeness (QED) is 0.759. The van der Waals surface area contributed by atoms with Gasteiger partial charge in [0.2, 0.25) is 15.9 Å². The second-order valence-corrected chi connectivity index (χ2v) is 9.12. The molecule has 0 unspecified atom stereocenters. The Hall–Kier alpha value is -2.19. The van der Waals surface area contributed by atoms with Crippen molar-refractivity contribution in [1.29, 1.82) is 0 Å². The molecule has 3 rings (SSSR count). The van der Waals surface area contributed by atoms with Crippen LogP contribution in [0.1, 0.15) is 11.1 Å². The molecule has 1 N–H and O–H groups in total. The van der Waals surface area contributed by atoms with Gasteiger partial charge in [-0.2, -0.15) is 4.31 Å². The van der Waals surface area contributed by atoms with Crippen molar-refractivity contribution >= 4 is 39.3 Å². The third-order valence-corrected chi connectivity index (χ3v) is 6.81. The maximum atomic E-state index is 12.5. The van der Waals surface area contributed by atoms with Gasteiger partial charge in [-0.05, 0) is 36.3 Å². The normalized spacial score (nSPS) is 16.2. The van der Waals surface area contributed by atoms with E-state index in [0.717, 1.165) is 11.1 Å². The molecule has 154 valence electrons. The van der Waals surface area contributed by atoms with Crippen LogP contribution in [0.2, 0.25) is 5.02 Å². The Morgan fingerprint density at radius 1 is 1.07 bits per heavy atom. The molecule has 8 heteroatoms. The summed E-state index contributed by atoms with van der Waals surface area (Å²) in [5.74, 6) is -0.143. The molecular weight excluding hydrogens is 410 g/mol. The molecule has 2 aromatic rings. The maximum Gasteiger partial charge on any atom is 0.238 e. The van der Waals surface area contributed by atoms with Gasteiger partial charge >= 0.3 is 0 Å². The molecule has 1 aliphatic rings. The number of amides is 1. The van der Waals surface area contributed by atoms with Gasteiger partial charge < -0.3 is 5.32 Å². The number of piperazine rings is 1. The van der Waals surface area contributed by atoms with E-state index in [1.807, 2.05) is 48.2 Å². The highest BCUT2D eigenvalue weighted by atomic mass is 35.5. The lowest BCUT2D eigenvalue weighted by Crippen LogP contribution is -2.49. The lowest BCUT2D eigenvalue weighted by molar-refractivity contribution is -0.117. The predicted molar refractivity (Wildman–Crippen MR) is 117 cm³/mol. The number of halogens is 1. The number of carbonyl (C=O) groups is 1. The molecule has 0 aliphatic carbocycles. The SMILES string of the molecule is Cc1c(Cl)cccc1NC(=O)CN1CCN(S(=O)(=O)/C=C/c2ccccc2)CC1. The number of hydrogen-bond donors (Lipinski definition) is 1. The van der Waals surface area contributed by atoms with Crippen molar-refractivity contribution in [2.24, 2.45) is 0 Å². The average molecular weight is 434 g/mol. The fraction of sp³-hybridized carbons (Fsp3) is 0.286. The van der Waals surface area contributed by atoms with Crippen LogP contribution >= 0.6 is 11.6 Å². The van der Waals surface area contributed by atoms with Gasteiger partial charge in [0.05, 0.1) is 6.54 Å². The lowest BCUT2D eigenvalue weighted by Gasteiger charge is -2.32. The molecule has 29 heavy (non-hydrogen) atoms. The minimum atomic E-state index is -3.48. The van der Waals surface area contributed by atoms with Crippen molar-refractivity contribution in [1.82, 2.24) is 9.21 Å². The molecule has 6 nitrogen and oxygen atoms in total. The predicted octanol–water partition coefficient (Wildman–Crippen LogP) is 3.21. The molecule has 1 heterocycles. The Morgan fingerprint density at radius 3 is 2.45 bits per heavy atom. The van der Waals surface area contributed by atoms with E-state index in [4.69, 9.17) is 11.6 Å². The van der Waals surface area contributed by atoms with Crippen LogP contribution in [-0.2, 0) is 14.8 Å². The third-order valence-electron chi connectivity index (χ3n) is 4.83. The van der Waals surface area contributed by atoms with E-state index in [2.05, 4.69) is 5.32 Å². The lowest BCUT2D eigenvalue weighted by atomic mass is 10.2. The molecule has 1 aliphatic heterocycles. The third kappa shape index (κ3) is 5.90. The monoisotopic (exact) mass is 433 g/mol. The Labute approximate surface area is 176 Å². The highest BCUT2D eigenvalue weighted by Gasteiger charge is 2.26. The first-order valence-corrected chi connectivity index (χ1v) is 11.2. The number of hydrogen-bond acceptors (Lipinski definition) is 4. The van der Waals surface area contributed by atoms with Crippen molar-refractivity contribution in [3.63, 3.8) is 0 Å². The summed E-state index contributed by atoms with van der Waals surface area (Å²) in [6.45, 7) is 3.76. The minimum absolute atomic E-state index is 0.143. The summed E-state index contributed by atoms with van der Waals surface area (Å²) in [4.78, 5) is 14.3. The van der Waals surface area contributed by atoms with Crippen LogP contribution in [0.15, 0.2) is 53.9 Å². The summed E-state index contributed by atoms with van der Waals surface area (Å²) in [7, 11) is -3.48. The maximum absolute atomic E-state index is 12.5. The summed E-state index contributed by atoms with van der Waals surface area (Å²) < 4.78 is 26.5. The molecule has 1 amide bonds. The summed E-state index contributed by atoms with van der Waals surface area (Å²) in [6, 6.07) is 14.7. The van der Waals surface area contributed by atoms with Crippen LogP contribution in [0.5, 0.6) is 0 Å². The topological polar surface area (TPSA) is 69.7 Å². The smallest absolute Gasteiger partial charge is 0.238 e. The minimum Gasteiger partial charge on any atom is -0.325 e. The highest BCUT2D eigenvalue weighted by molar-refractivity contribution is 7.92. The first kappa shape index (κ1) is 21.5. The zero-order valence-electron chi connectivity index (χ0n) is 16.2. The van der Waals surface area contributed by atoms with E-state index in [1.54, 1.807) is 18.2 Å². The zero-order chi connectivity index (χ0) is 20.9. The molecule has 0 spiro atoms. The van der Waals surface area contributed by atoms with Crippen molar-refractivity contribution in [2.75, 3.05) is 38.0 Å². The van der Waals surface area contributed by atoms with E-state index >= 15 is 0 Å². The van der Waals surface area contributed by atoms with Gasteiger partial charge in [0.1, 0.15) is 0 Å². The summed E-state index contributed by atoms with van der Waals surface area (Å²) in [5.41, 5.74) is 2.35. The summed E-state index contributed by atoms with van der Waals surface area (Å²) in [5, 5.41) is 4.71. The van der Waals surface area contributed by atoms with Gasteiger partial charge in [-0.3, -0.25) is 9.69 Å². The number of carbonyl (C=O) groups excluding carboxylic acids is 1. The number of rotatable bonds is 6. The fourth-order valence-electron chi connectivity index (χ4n) is 3.09. The first-order chi connectivity index (χ1) is 13.8. The molecule has 1 saturated heterocycles. The second-order valence-electron chi connectivity index (χ2n) is 6.89.